The van der Waals surface area contributed by atoms with Gasteiger partial charge in [-0.15, -0.1) is 0 Å². The molecule has 28 heavy (non-hydrogen) atoms. The van der Waals surface area contributed by atoms with Gasteiger partial charge in [-0.05, 0) is 49.6 Å². The molecule has 0 saturated heterocycles. The molecule has 1 aliphatic carbocycles. The lowest BCUT2D eigenvalue weighted by Gasteiger charge is -2.17. The average molecular weight is 464 g/mol. The molecule has 144 valence electrons. The lowest BCUT2D eigenvalue weighted by Crippen LogP contribution is -2.16. The normalized spacial score (nSPS) is 19.1. The van der Waals surface area contributed by atoms with Crippen molar-refractivity contribution in [2.75, 3.05) is 0 Å². The molecule has 0 aliphatic heterocycles. The standard InChI is InChI=1S/C21H16BrClO5/c22-12-5-7-15(18(9-12)27-13-6-4-11(8-13)21(25)26)19-10-17(24)14-2-1-3-16(23)20(14)28-19/h1-3,5,7,9-11,13H,4,6,8H2,(H,25,26)/t11-,13-/m0/s1. The maximum Gasteiger partial charge on any atom is 0.306 e. The van der Waals surface area contributed by atoms with Gasteiger partial charge >= 0.3 is 5.97 Å². The average Bonchev–Trinajstić information content (AvgIpc) is 3.11. The summed E-state index contributed by atoms with van der Waals surface area (Å²) in [7, 11) is 0. The molecular weight excluding hydrogens is 448 g/mol. The minimum Gasteiger partial charge on any atom is -0.490 e. The van der Waals surface area contributed by atoms with Gasteiger partial charge < -0.3 is 14.3 Å². The van der Waals surface area contributed by atoms with Gasteiger partial charge in [0.1, 0.15) is 11.5 Å². The molecule has 1 aromatic heterocycles. The molecule has 1 heterocycles. The van der Waals surface area contributed by atoms with Gasteiger partial charge in [0.25, 0.3) is 0 Å². The summed E-state index contributed by atoms with van der Waals surface area (Å²) in [5.74, 6) is -0.311. The van der Waals surface area contributed by atoms with Crippen LogP contribution in [0.2, 0.25) is 5.02 Å². The van der Waals surface area contributed by atoms with Gasteiger partial charge in [-0.1, -0.05) is 33.6 Å². The number of hydrogen-bond donors (Lipinski definition) is 1. The van der Waals surface area contributed by atoms with Crippen LogP contribution in [-0.4, -0.2) is 17.2 Å². The van der Waals surface area contributed by atoms with Gasteiger partial charge in [-0.2, -0.15) is 0 Å². The van der Waals surface area contributed by atoms with Crippen LogP contribution in [0.15, 0.2) is 56.1 Å². The highest BCUT2D eigenvalue weighted by Crippen LogP contribution is 2.37. The highest BCUT2D eigenvalue weighted by molar-refractivity contribution is 9.10. The Balaban J connectivity index is 1.75. The van der Waals surface area contributed by atoms with E-state index in [0.29, 0.717) is 52.3 Å². The number of rotatable bonds is 4. The third kappa shape index (κ3) is 3.66. The van der Waals surface area contributed by atoms with E-state index < -0.39 is 11.9 Å². The number of para-hydroxylation sites is 1. The second-order valence-electron chi connectivity index (χ2n) is 6.82. The minimum atomic E-state index is -0.796. The summed E-state index contributed by atoms with van der Waals surface area (Å²) >= 11 is 9.64. The lowest BCUT2D eigenvalue weighted by atomic mass is 10.1. The molecule has 1 N–H and O–H groups in total. The number of aliphatic carboxylic acids is 1. The Hall–Kier alpha value is -2.31. The predicted molar refractivity (Wildman–Crippen MR) is 110 cm³/mol. The van der Waals surface area contributed by atoms with Crippen molar-refractivity contribution in [2.45, 2.75) is 25.4 Å². The van der Waals surface area contributed by atoms with Gasteiger partial charge in [0.15, 0.2) is 11.0 Å². The second-order valence-corrected chi connectivity index (χ2v) is 8.14. The number of hydrogen-bond acceptors (Lipinski definition) is 4. The summed E-state index contributed by atoms with van der Waals surface area (Å²) in [5, 5.41) is 9.98. The highest BCUT2D eigenvalue weighted by atomic mass is 79.9. The van der Waals surface area contributed by atoms with Crippen molar-refractivity contribution in [3.8, 4) is 17.1 Å². The molecule has 1 saturated carbocycles. The molecule has 1 fully saturated rings. The SMILES string of the molecule is O=C(O)[C@H]1CC[C@H](Oc2cc(Br)ccc2-c2cc(=O)c3cccc(Cl)c3o2)C1. The Labute approximate surface area is 174 Å². The van der Waals surface area contributed by atoms with Crippen LogP contribution in [-0.2, 0) is 4.79 Å². The Morgan fingerprint density at radius 3 is 2.79 bits per heavy atom. The number of carbonyl (C=O) groups is 1. The van der Waals surface area contributed by atoms with Crippen LogP contribution in [0, 0.1) is 5.92 Å². The van der Waals surface area contributed by atoms with Crippen molar-refractivity contribution in [3.05, 3.63) is 62.2 Å². The first kappa shape index (κ1) is 19.0. The van der Waals surface area contributed by atoms with Crippen LogP contribution < -0.4 is 10.2 Å². The Morgan fingerprint density at radius 2 is 2.04 bits per heavy atom. The lowest BCUT2D eigenvalue weighted by molar-refractivity contribution is -0.141. The molecule has 0 unspecified atom stereocenters. The quantitative estimate of drug-likeness (QED) is 0.552. The summed E-state index contributed by atoms with van der Waals surface area (Å²) in [6, 6.07) is 11.9. The van der Waals surface area contributed by atoms with E-state index in [4.69, 9.17) is 20.8 Å². The third-order valence-electron chi connectivity index (χ3n) is 4.94. The van der Waals surface area contributed by atoms with Crippen molar-refractivity contribution in [3.63, 3.8) is 0 Å². The smallest absolute Gasteiger partial charge is 0.306 e. The summed E-state index contributed by atoms with van der Waals surface area (Å²) < 4.78 is 12.9. The molecule has 0 bridgehead atoms. The Morgan fingerprint density at radius 1 is 1.21 bits per heavy atom. The van der Waals surface area contributed by atoms with E-state index in [-0.39, 0.29) is 11.5 Å². The van der Waals surface area contributed by atoms with Crippen molar-refractivity contribution < 1.29 is 19.1 Å². The van der Waals surface area contributed by atoms with E-state index >= 15 is 0 Å². The molecule has 1 aliphatic rings. The van der Waals surface area contributed by atoms with Gasteiger partial charge in [0, 0.05) is 10.5 Å². The number of benzene rings is 2. The Kier molecular flexibility index (Phi) is 5.17. The summed E-state index contributed by atoms with van der Waals surface area (Å²) in [5.41, 5.74) is 0.743. The molecule has 7 heteroatoms. The first-order chi connectivity index (χ1) is 13.4. The third-order valence-corrected chi connectivity index (χ3v) is 5.73. The zero-order chi connectivity index (χ0) is 19.8. The largest absolute Gasteiger partial charge is 0.490 e. The van der Waals surface area contributed by atoms with Crippen molar-refractivity contribution in [2.24, 2.45) is 5.92 Å². The fourth-order valence-corrected chi connectivity index (χ4v) is 4.08. The zero-order valence-electron chi connectivity index (χ0n) is 14.7. The number of fused-ring (bicyclic) bond motifs is 1. The van der Waals surface area contributed by atoms with Gasteiger partial charge in [0.2, 0.25) is 0 Å². The van der Waals surface area contributed by atoms with Crippen LogP contribution in [0.3, 0.4) is 0 Å². The van der Waals surface area contributed by atoms with Crippen LogP contribution in [0.5, 0.6) is 5.75 Å². The summed E-state index contributed by atoms with van der Waals surface area (Å²) in [4.78, 5) is 23.7. The number of carboxylic acids is 1. The molecule has 0 amide bonds. The maximum absolute atomic E-state index is 12.5. The molecule has 0 spiro atoms. The molecule has 2 aromatic carbocycles. The second kappa shape index (κ2) is 7.60. The minimum absolute atomic E-state index is 0.195. The van der Waals surface area contributed by atoms with E-state index in [1.807, 2.05) is 6.07 Å². The fraction of sp³-hybridized carbons (Fsp3) is 0.238. The van der Waals surface area contributed by atoms with Crippen LogP contribution in [0.1, 0.15) is 19.3 Å². The monoisotopic (exact) mass is 462 g/mol. The van der Waals surface area contributed by atoms with Crippen LogP contribution in [0.25, 0.3) is 22.3 Å². The number of ether oxygens (including phenoxy) is 1. The molecule has 5 nitrogen and oxygen atoms in total. The number of halogens is 2. The van der Waals surface area contributed by atoms with Crippen molar-refractivity contribution >= 4 is 44.5 Å². The number of carboxylic acid groups (broad SMARTS) is 1. The van der Waals surface area contributed by atoms with Gasteiger partial charge in [0.05, 0.1) is 28.0 Å². The summed E-state index contributed by atoms with van der Waals surface area (Å²) in [6.45, 7) is 0. The molecule has 4 rings (SSSR count). The highest BCUT2D eigenvalue weighted by Gasteiger charge is 2.31. The summed E-state index contributed by atoms with van der Waals surface area (Å²) in [6.07, 6.45) is 1.50. The van der Waals surface area contributed by atoms with E-state index in [0.717, 1.165) is 4.47 Å². The molecular formula is C21H16BrClO5. The molecule has 3 aromatic rings. The van der Waals surface area contributed by atoms with E-state index in [9.17, 15) is 14.7 Å². The van der Waals surface area contributed by atoms with Crippen molar-refractivity contribution in [1.82, 2.24) is 0 Å². The first-order valence-corrected chi connectivity index (χ1v) is 10.0. The van der Waals surface area contributed by atoms with Crippen LogP contribution >= 0.6 is 27.5 Å². The Bertz CT molecular complexity index is 1120. The fourth-order valence-electron chi connectivity index (χ4n) is 3.52. The maximum atomic E-state index is 12.5. The zero-order valence-corrected chi connectivity index (χ0v) is 17.0. The first-order valence-electron chi connectivity index (χ1n) is 8.84. The van der Waals surface area contributed by atoms with Gasteiger partial charge in [-0.3, -0.25) is 9.59 Å². The van der Waals surface area contributed by atoms with E-state index in [1.54, 1.807) is 30.3 Å². The van der Waals surface area contributed by atoms with Gasteiger partial charge in [-0.25, -0.2) is 0 Å². The molecule has 0 radical (unpaired) electrons. The van der Waals surface area contributed by atoms with E-state index in [1.165, 1.54) is 6.07 Å². The molecule has 2 atom stereocenters. The van der Waals surface area contributed by atoms with E-state index in [2.05, 4.69) is 15.9 Å². The van der Waals surface area contributed by atoms with Crippen molar-refractivity contribution in [1.29, 1.82) is 0 Å². The predicted octanol–water partition coefficient (Wildman–Crippen LogP) is 5.51. The topological polar surface area (TPSA) is 76.7 Å². The van der Waals surface area contributed by atoms with Crippen LogP contribution in [0.4, 0.5) is 0 Å².